The van der Waals surface area contributed by atoms with E-state index in [1.165, 1.54) is 0 Å². The minimum absolute atomic E-state index is 0.104. The second-order valence-corrected chi connectivity index (χ2v) is 5.85. The summed E-state index contributed by atoms with van der Waals surface area (Å²) in [6.07, 6.45) is 3.18. The van der Waals surface area contributed by atoms with Gasteiger partial charge in [-0.1, -0.05) is 13.3 Å². The van der Waals surface area contributed by atoms with Gasteiger partial charge in [0, 0.05) is 25.3 Å². The van der Waals surface area contributed by atoms with Crippen molar-refractivity contribution in [3.05, 3.63) is 23.8 Å². The zero-order valence-corrected chi connectivity index (χ0v) is 14.2. The Labute approximate surface area is 138 Å². The lowest BCUT2D eigenvalue weighted by Gasteiger charge is -2.20. The van der Waals surface area contributed by atoms with Crippen LogP contribution >= 0.6 is 0 Å². The molecule has 1 unspecified atom stereocenters. The quantitative estimate of drug-likeness (QED) is 0.513. The van der Waals surface area contributed by atoms with Gasteiger partial charge in [-0.2, -0.15) is 0 Å². The number of hydrogen-bond donors (Lipinski definition) is 2. The normalized spacial score (nSPS) is 14.5. The number of Topliss-reactive ketones (excluding diaryl/α,β-unsaturated/α-hetero) is 1. The van der Waals surface area contributed by atoms with E-state index in [1.807, 2.05) is 25.1 Å². The summed E-state index contributed by atoms with van der Waals surface area (Å²) in [7, 11) is 0. The molecule has 1 heterocycles. The van der Waals surface area contributed by atoms with Crippen LogP contribution in [0.4, 0.5) is 5.69 Å². The molecule has 0 amide bonds. The van der Waals surface area contributed by atoms with Crippen molar-refractivity contribution in [1.82, 2.24) is 5.32 Å². The molecule has 1 aromatic carbocycles. The van der Waals surface area contributed by atoms with Gasteiger partial charge in [0.05, 0.1) is 11.7 Å². The smallest absolute Gasteiger partial charge is 0.179 e. The Morgan fingerprint density at radius 3 is 3.04 bits per heavy atom. The number of nitrogens with one attached hydrogen (secondary N) is 2. The van der Waals surface area contributed by atoms with Gasteiger partial charge in [-0.25, -0.2) is 0 Å². The lowest BCUT2D eigenvalue weighted by Crippen LogP contribution is -2.35. The molecule has 0 saturated heterocycles. The molecule has 1 aromatic rings. The Balaban J connectivity index is 1.74. The maximum absolute atomic E-state index is 12.5. The van der Waals surface area contributed by atoms with Crippen molar-refractivity contribution in [3.63, 3.8) is 0 Å². The van der Waals surface area contributed by atoms with Crippen LogP contribution in [0, 0.1) is 0 Å². The highest BCUT2D eigenvalue weighted by Gasteiger charge is 2.17. The number of anilines is 1. The molecule has 0 radical (unpaired) electrons. The Morgan fingerprint density at radius 2 is 2.22 bits per heavy atom. The number of rotatable bonds is 10. The maximum atomic E-state index is 12.5. The van der Waals surface area contributed by atoms with Crippen LogP contribution in [0.3, 0.4) is 0 Å². The standard InChI is InChI=1S/C18H28N2O3/c1-3-4-10-22-11-5-8-19-14(2)18(21)15-6-7-17-16(13-15)20-9-12-23-17/h6-7,13-14,19-20H,3-5,8-12H2,1-2H3. The molecular weight excluding hydrogens is 292 g/mol. The molecule has 0 saturated carbocycles. The largest absolute Gasteiger partial charge is 0.490 e. The van der Waals surface area contributed by atoms with Gasteiger partial charge in [-0.15, -0.1) is 0 Å². The molecule has 2 N–H and O–H groups in total. The molecule has 0 spiro atoms. The number of unbranched alkanes of at least 4 members (excludes halogenated alkanes) is 1. The average molecular weight is 320 g/mol. The van der Waals surface area contributed by atoms with E-state index < -0.39 is 0 Å². The van der Waals surface area contributed by atoms with Crippen molar-refractivity contribution in [3.8, 4) is 5.75 Å². The first kappa shape index (κ1) is 17.8. The van der Waals surface area contributed by atoms with Crippen molar-refractivity contribution in [2.24, 2.45) is 0 Å². The third-order valence-corrected chi connectivity index (χ3v) is 3.89. The predicted molar refractivity (Wildman–Crippen MR) is 92.6 cm³/mol. The summed E-state index contributed by atoms with van der Waals surface area (Å²) in [4.78, 5) is 12.5. The summed E-state index contributed by atoms with van der Waals surface area (Å²) in [5.41, 5.74) is 1.61. The fraction of sp³-hybridized carbons (Fsp3) is 0.611. The van der Waals surface area contributed by atoms with E-state index in [9.17, 15) is 4.79 Å². The van der Waals surface area contributed by atoms with Crippen molar-refractivity contribution >= 4 is 11.5 Å². The fourth-order valence-corrected chi connectivity index (χ4v) is 2.48. The van der Waals surface area contributed by atoms with Crippen LogP contribution < -0.4 is 15.4 Å². The van der Waals surface area contributed by atoms with E-state index in [4.69, 9.17) is 9.47 Å². The summed E-state index contributed by atoms with van der Waals surface area (Å²) in [5.74, 6) is 0.921. The van der Waals surface area contributed by atoms with Crippen molar-refractivity contribution < 1.29 is 14.3 Å². The van der Waals surface area contributed by atoms with Gasteiger partial charge in [0.25, 0.3) is 0 Å². The Hall–Kier alpha value is -1.59. The van der Waals surface area contributed by atoms with Crippen LogP contribution in [0.2, 0.25) is 0 Å². The minimum atomic E-state index is -0.201. The minimum Gasteiger partial charge on any atom is -0.490 e. The molecule has 5 nitrogen and oxygen atoms in total. The van der Waals surface area contributed by atoms with Crippen molar-refractivity contribution in [2.45, 2.75) is 39.2 Å². The van der Waals surface area contributed by atoms with E-state index in [-0.39, 0.29) is 11.8 Å². The number of hydrogen-bond acceptors (Lipinski definition) is 5. The van der Waals surface area contributed by atoms with Crippen LogP contribution in [0.5, 0.6) is 5.75 Å². The first-order valence-corrected chi connectivity index (χ1v) is 8.58. The van der Waals surface area contributed by atoms with E-state index in [2.05, 4.69) is 17.6 Å². The highest BCUT2D eigenvalue weighted by molar-refractivity contribution is 6.01. The third-order valence-electron chi connectivity index (χ3n) is 3.89. The van der Waals surface area contributed by atoms with Crippen molar-refractivity contribution in [2.75, 3.05) is 38.2 Å². The highest BCUT2D eigenvalue weighted by atomic mass is 16.5. The summed E-state index contributed by atoms with van der Waals surface area (Å²) < 4.78 is 11.1. The van der Waals surface area contributed by atoms with Gasteiger partial charge >= 0.3 is 0 Å². The van der Waals surface area contributed by atoms with Gasteiger partial charge in [0.1, 0.15) is 12.4 Å². The molecule has 5 heteroatoms. The molecule has 1 aliphatic heterocycles. The number of fused-ring (bicyclic) bond motifs is 1. The van der Waals surface area contributed by atoms with Gasteiger partial charge in [0.15, 0.2) is 5.78 Å². The Morgan fingerprint density at radius 1 is 1.39 bits per heavy atom. The number of benzene rings is 1. The fourth-order valence-electron chi connectivity index (χ4n) is 2.48. The Kier molecular flexibility index (Phi) is 7.36. The second-order valence-electron chi connectivity index (χ2n) is 5.85. The van der Waals surface area contributed by atoms with Crippen LogP contribution in [-0.4, -0.2) is 44.7 Å². The number of ether oxygens (including phenoxy) is 2. The summed E-state index contributed by atoms with van der Waals surface area (Å²) in [6.45, 7) is 7.85. The SMILES string of the molecule is CCCCOCCCNC(C)C(=O)c1ccc2c(c1)NCCO2. The molecule has 0 aromatic heterocycles. The van der Waals surface area contributed by atoms with Gasteiger partial charge in [-0.3, -0.25) is 4.79 Å². The molecule has 1 aliphatic rings. The van der Waals surface area contributed by atoms with Gasteiger partial charge in [-0.05, 0) is 44.5 Å². The topological polar surface area (TPSA) is 59.6 Å². The lowest BCUT2D eigenvalue weighted by atomic mass is 10.0. The molecule has 0 fully saturated rings. The Bertz CT molecular complexity index is 505. The van der Waals surface area contributed by atoms with Crippen LogP contribution in [0.15, 0.2) is 18.2 Å². The van der Waals surface area contributed by atoms with E-state index in [0.29, 0.717) is 12.2 Å². The zero-order valence-electron chi connectivity index (χ0n) is 14.2. The maximum Gasteiger partial charge on any atom is 0.179 e. The second kappa shape index (κ2) is 9.53. The number of carbonyl (C=O) groups excluding carboxylic acids is 1. The van der Waals surface area contributed by atoms with Gasteiger partial charge < -0.3 is 20.1 Å². The first-order chi connectivity index (χ1) is 11.2. The number of ketones is 1. The summed E-state index contributed by atoms with van der Waals surface area (Å²) >= 11 is 0. The summed E-state index contributed by atoms with van der Waals surface area (Å²) in [5, 5.41) is 6.53. The molecule has 0 aliphatic carbocycles. The van der Waals surface area contributed by atoms with E-state index >= 15 is 0 Å². The monoisotopic (exact) mass is 320 g/mol. The third kappa shape index (κ3) is 5.52. The summed E-state index contributed by atoms with van der Waals surface area (Å²) in [6, 6.07) is 5.37. The molecule has 0 bridgehead atoms. The molecule has 2 rings (SSSR count). The lowest BCUT2D eigenvalue weighted by molar-refractivity contribution is 0.0944. The van der Waals surface area contributed by atoms with Crippen LogP contribution in [0.25, 0.3) is 0 Å². The molecule has 128 valence electrons. The molecular formula is C18H28N2O3. The van der Waals surface area contributed by atoms with Crippen LogP contribution in [0.1, 0.15) is 43.5 Å². The molecule has 1 atom stereocenters. The van der Waals surface area contributed by atoms with E-state index in [1.54, 1.807) is 0 Å². The molecule has 23 heavy (non-hydrogen) atoms. The number of carbonyl (C=O) groups is 1. The first-order valence-electron chi connectivity index (χ1n) is 8.58. The highest BCUT2D eigenvalue weighted by Crippen LogP contribution is 2.28. The predicted octanol–water partition coefficient (Wildman–Crippen LogP) is 2.86. The van der Waals surface area contributed by atoms with E-state index in [0.717, 1.165) is 57.0 Å². The van der Waals surface area contributed by atoms with Gasteiger partial charge in [0.2, 0.25) is 0 Å². The van der Waals surface area contributed by atoms with Crippen LogP contribution in [-0.2, 0) is 4.74 Å². The van der Waals surface area contributed by atoms with Crippen molar-refractivity contribution in [1.29, 1.82) is 0 Å². The zero-order chi connectivity index (χ0) is 16.5. The average Bonchev–Trinajstić information content (AvgIpc) is 2.59.